The van der Waals surface area contributed by atoms with Crippen molar-refractivity contribution in [1.82, 2.24) is 5.16 Å². The van der Waals surface area contributed by atoms with Crippen molar-refractivity contribution in [2.45, 2.75) is 6.92 Å². The van der Waals surface area contributed by atoms with Crippen LogP contribution < -0.4 is 15.1 Å². The number of quaternary nitrogens is 1. The van der Waals surface area contributed by atoms with Gasteiger partial charge in [-0.05, 0) is 30.7 Å². The molecule has 0 saturated carbocycles. The Bertz CT molecular complexity index is 1370. The summed E-state index contributed by atoms with van der Waals surface area (Å²) in [6.45, 7) is 6.08. The Balaban J connectivity index is 1.59. The van der Waals surface area contributed by atoms with Gasteiger partial charge < -0.3 is 19.6 Å². The molecular weight excluding hydrogens is 400 g/mol. The standard InChI is InChI=1S/C26H24N4O2/c1-16-6-5-7-17(14-16)27-20-15-21(30-12-10-29(2)11-13-30)24-23-22(20)25(31)18-8-3-4-9-19(18)26(23)32-28-24/h3-9,14-15,27H,10-13H2,1-2H3/p+1. The first-order chi connectivity index (χ1) is 15.6. The largest absolute Gasteiger partial charge is 0.358 e. The lowest BCUT2D eigenvalue weighted by molar-refractivity contribution is -0.880. The molecule has 0 bridgehead atoms. The van der Waals surface area contributed by atoms with E-state index in [0.717, 1.165) is 65.3 Å². The van der Waals surface area contributed by atoms with Gasteiger partial charge >= 0.3 is 0 Å². The summed E-state index contributed by atoms with van der Waals surface area (Å²) in [5, 5.41) is 8.82. The van der Waals surface area contributed by atoms with Crippen LogP contribution in [0.15, 0.2) is 59.1 Å². The van der Waals surface area contributed by atoms with Crippen molar-refractivity contribution in [1.29, 1.82) is 0 Å². The number of aryl methyl sites for hydroxylation is 1. The third-order valence-electron chi connectivity index (χ3n) is 6.63. The number of carbonyl (C=O) groups is 1. The maximum Gasteiger partial charge on any atom is 0.196 e. The monoisotopic (exact) mass is 425 g/mol. The first-order valence-electron chi connectivity index (χ1n) is 11.1. The van der Waals surface area contributed by atoms with Gasteiger partial charge in [-0.2, -0.15) is 0 Å². The number of hydrogen-bond acceptors (Lipinski definition) is 5. The van der Waals surface area contributed by atoms with Gasteiger partial charge in [0.15, 0.2) is 11.5 Å². The quantitative estimate of drug-likeness (QED) is 0.464. The minimum atomic E-state index is 0.00539. The number of carbonyl (C=O) groups excluding carboxylic acids is 1. The Hall–Kier alpha value is -3.64. The number of nitrogens with one attached hydrogen (secondary N) is 2. The van der Waals surface area contributed by atoms with E-state index in [1.54, 1.807) is 0 Å². The Morgan fingerprint density at radius 2 is 1.81 bits per heavy atom. The maximum atomic E-state index is 13.7. The molecule has 2 N–H and O–H groups in total. The number of fused-ring (bicyclic) bond motifs is 2. The van der Waals surface area contributed by atoms with Crippen molar-refractivity contribution in [3.05, 3.63) is 71.3 Å². The van der Waals surface area contributed by atoms with Gasteiger partial charge in [0, 0.05) is 16.8 Å². The molecule has 160 valence electrons. The number of hydrogen-bond donors (Lipinski definition) is 2. The fourth-order valence-corrected chi connectivity index (χ4v) is 4.89. The molecule has 0 unspecified atom stereocenters. The lowest BCUT2D eigenvalue weighted by Gasteiger charge is -2.32. The molecule has 6 heteroatoms. The molecule has 1 aliphatic heterocycles. The molecule has 32 heavy (non-hydrogen) atoms. The Morgan fingerprint density at radius 3 is 2.59 bits per heavy atom. The first kappa shape index (κ1) is 19.1. The summed E-state index contributed by atoms with van der Waals surface area (Å²) in [5.74, 6) is 0.685. The summed E-state index contributed by atoms with van der Waals surface area (Å²) in [5.41, 5.74) is 6.82. The van der Waals surface area contributed by atoms with Crippen LogP contribution in [-0.4, -0.2) is 44.2 Å². The van der Waals surface area contributed by atoms with Crippen LogP contribution in [0.3, 0.4) is 0 Å². The van der Waals surface area contributed by atoms with Crippen molar-refractivity contribution in [2.24, 2.45) is 0 Å². The average molecular weight is 426 g/mol. The molecule has 1 saturated heterocycles. The first-order valence-corrected chi connectivity index (χ1v) is 11.1. The van der Waals surface area contributed by atoms with Crippen molar-refractivity contribution in [3.8, 4) is 11.3 Å². The molecule has 0 amide bonds. The Morgan fingerprint density at radius 1 is 1.03 bits per heavy atom. The molecule has 6 rings (SSSR count). The zero-order chi connectivity index (χ0) is 21.8. The van der Waals surface area contributed by atoms with Gasteiger partial charge in [-0.3, -0.25) is 4.79 Å². The molecule has 2 aliphatic rings. The van der Waals surface area contributed by atoms with Crippen LogP contribution in [-0.2, 0) is 0 Å². The van der Waals surface area contributed by atoms with E-state index in [2.05, 4.69) is 47.5 Å². The minimum absolute atomic E-state index is 0.00539. The molecule has 0 atom stereocenters. The molecule has 1 aliphatic carbocycles. The van der Waals surface area contributed by atoms with E-state index in [0.29, 0.717) is 16.9 Å². The van der Waals surface area contributed by atoms with Crippen molar-refractivity contribution < 1.29 is 14.2 Å². The summed E-state index contributed by atoms with van der Waals surface area (Å²) < 4.78 is 5.89. The molecule has 1 fully saturated rings. The number of nitrogens with zero attached hydrogens (tertiary/aromatic N) is 2. The molecule has 3 aromatic carbocycles. The Kier molecular flexibility index (Phi) is 4.30. The van der Waals surface area contributed by atoms with Gasteiger partial charge in [-0.25, -0.2) is 0 Å². The summed E-state index contributed by atoms with van der Waals surface area (Å²) in [6.07, 6.45) is 0. The van der Waals surface area contributed by atoms with Crippen LogP contribution in [0.1, 0.15) is 21.5 Å². The number of ketones is 1. The molecule has 0 radical (unpaired) electrons. The second-order valence-electron chi connectivity index (χ2n) is 8.87. The molecule has 0 spiro atoms. The molecule has 4 aromatic rings. The van der Waals surface area contributed by atoms with Gasteiger partial charge in [0.2, 0.25) is 0 Å². The lowest BCUT2D eigenvalue weighted by Crippen LogP contribution is -3.12. The zero-order valence-corrected chi connectivity index (χ0v) is 18.2. The van der Waals surface area contributed by atoms with E-state index >= 15 is 0 Å². The summed E-state index contributed by atoms with van der Waals surface area (Å²) in [6, 6.07) is 17.9. The molecule has 1 aromatic heterocycles. The van der Waals surface area contributed by atoms with Gasteiger partial charge in [0.25, 0.3) is 0 Å². The number of piperazine rings is 1. The summed E-state index contributed by atoms with van der Waals surface area (Å²) in [7, 11) is 2.23. The number of aromatic nitrogens is 1. The fraction of sp³-hybridized carbons (Fsp3) is 0.231. The SMILES string of the molecule is Cc1cccc(Nc2cc(N3CC[NH+](C)CC3)c3noc4c3c2C(=O)c2ccccc2-4)c1. The smallest absolute Gasteiger partial charge is 0.196 e. The highest BCUT2D eigenvalue weighted by Gasteiger charge is 2.34. The highest BCUT2D eigenvalue weighted by Crippen LogP contribution is 2.46. The second kappa shape index (κ2) is 7.21. The van der Waals surface area contributed by atoms with Crippen LogP contribution in [0.5, 0.6) is 0 Å². The highest BCUT2D eigenvalue weighted by atomic mass is 16.5. The summed E-state index contributed by atoms with van der Waals surface area (Å²) in [4.78, 5) is 17.6. The van der Waals surface area contributed by atoms with Crippen LogP contribution in [0, 0.1) is 6.92 Å². The Labute approximate surface area is 186 Å². The maximum absolute atomic E-state index is 13.7. The average Bonchev–Trinajstić information content (AvgIpc) is 3.24. The van der Waals surface area contributed by atoms with E-state index < -0.39 is 0 Å². The molecule has 2 heterocycles. The fourth-order valence-electron chi connectivity index (χ4n) is 4.89. The van der Waals surface area contributed by atoms with Gasteiger partial charge in [0.05, 0.1) is 55.6 Å². The highest BCUT2D eigenvalue weighted by molar-refractivity contribution is 6.28. The molecular formula is C26H25N4O2+. The third-order valence-corrected chi connectivity index (χ3v) is 6.63. The van der Waals surface area contributed by atoms with Crippen LogP contribution in [0.4, 0.5) is 17.1 Å². The van der Waals surface area contributed by atoms with Crippen molar-refractivity contribution in [2.75, 3.05) is 43.4 Å². The van der Waals surface area contributed by atoms with Crippen molar-refractivity contribution >= 4 is 33.7 Å². The van der Waals surface area contributed by atoms with Crippen molar-refractivity contribution in [3.63, 3.8) is 0 Å². The normalized spacial score (nSPS) is 15.8. The topological polar surface area (TPSA) is 62.8 Å². The minimum Gasteiger partial charge on any atom is -0.358 e. The molecule has 6 nitrogen and oxygen atoms in total. The number of anilines is 3. The van der Waals surface area contributed by atoms with E-state index in [1.165, 1.54) is 4.90 Å². The number of rotatable bonds is 3. The third kappa shape index (κ3) is 2.91. The van der Waals surface area contributed by atoms with Gasteiger partial charge in [-0.1, -0.05) is 41.6 Å². The zero-order valence-electron chi connectivity index (χ0n) is 18.2. The number of benzene rings is 3. The van der Waals surface area contributed by atoms with Gasteiger partial charge in [-0.15, -0.1) is 0 Å². The van der Waals surface area contributed by atoms with E-state index in [1.807, 2.05) is 36.4 Å². The predicted octanol–water partition coefficient (Wildman–Crippen LogP) is 3.43. The predicted molar refractivity (Wildman–Crippen MR) is 126 cm³/mol. The van der Waals surface area contributed by atoms with Gasteiger partial charge in [0.1, 0.15) is 5.52 Å². The second-order valence-corrected chi connectivity index (χ2v) is 8.87. The van der Waals surface area contributed by atoms with E-state index in [-0.39, 0.29) is 5.78 Å². The van der Waals surface area contributed by atoms with E-state index in [4.69, 9.17) is 4.52 Å². The lowest BCUT2D eigenvalue weighted by atomic mass is 9.86. The number of likely N-dealkylation sites (N-methyl/N-ethyl adjacent to an activating group) is 1. The summed E-state index contributed by atoms with van der Waals surface area (Å²) >= 11 is 0. The van der Waals surface area contributed by atoms with Crippen LogP contribution >= 0.6 is 0 Å². The van der Waals surface area contributed by atoms with Crippen LogP contribution in [0.25, 0.3) is 22.2 Å². The van der Waals surface area contributed by atoms with Crippen LogP contribution in [0.2, 0.25) is 0 Å². The van der Waals surface area contributed by atoms with E-state index in [9.17, 15) is 4.79 Å².